The molecule has 4 heterocycles. The molecule has 0 aliphatic carbocycles. The zero-order valence-corrected chi connectivity index (χ0v) is 20.1. The van der Waals surface area contributed by atoms with Crippen molar-refractivity contribution in [1.29, 1.82) is 0 Å². The Bertz CT molecular complexity index is 1440. The van der Waals surface area contributed by atoms with Gasteiger partial charge in [0.1, 0.15) is 0 Å². The zero-order valence-electron chi connectivity index (χ0n) is 20.1. The van der Waals surface area contributed by atoms with Gasteiger partial charge in [-0.15, -0.1) is 5.10 Å². The summed E-state index contributed by atoms with van der Waals surface area (Å²) in [5.41, 5.74) is 3.58. The van der Waals surface area contributed by atoms with Gasteiger partial charge >= 0.3 is 0 Å². The van der Waals surface area contributed by atoms with Gasteiger partial charge < -0.3 is 19.2 Å². The van der Waals surface area contributed by atoms with Crippen molar-refractivity contribution in [3.05, 3.63) is 75.3 Å². The Balaban J connectivity index is 1.29. The fourth-order valence-corrected chi connectivity index (χ4v) is 4.84. The van der Waals surface area contributed by atoms with Crippen LogP contribution in [0.5, 0.6) is 11.5 Å². The fourth-order valence-electron chi connectivity index (χ4n) is 4.84. The van der Waals surface area contributed by atoms with Crippen LogP contribution in [-0.2, 0) is 30.9 Å². The van der Waals surface area contributed by atoms with Gasteiger partial charge in [-0.05, 0) is 71.0 Å². The van der Waals surface area contributed by atoms with Crippen LogP contribution in [0.25, 0.3) is 10.9 Å². The van der Waals surface area contributed by atoms with Crippen LogP contribution in [0.1, 0.15) is 35.4 Å². The minimum atomic E-state index is -0.0947. The number of nitrogens with zero attached hydrogens (tertiary/aromatic N) is 5. The predicted molar refractivity (Wildman–Crippen MR) is 132 cm³/mol. The molecule has 10 nitrogen and oxygen atoms in total. The molecule has 0 spiro atoms. The molecular formula is C26H28N6O4. The van der Waals surface area contributed by atoms with E-state index in [9.17, 15) is 4.79 Å². The first-order valence-electron chi connectivity index (χ1n) is 12.2. The SMILES string of the molecule is Cc1ccc2cc(CN(Cc3ccc4c(c3)OCO4)Cc3nnnn3C[C@@H]3CCCO3)c(=O)[nH]c2c1. The van der Waals surface area contributed by atoms with E-state index in [-0.39, 0.29) is 18.5 Å². The van der Waals surface area contributed by atoms with E-state index in [0.29, 0.717) is 31.7 Å². The molecule has 0 saturated carbocycles. The molecule has 2 aromatic carbocycles. The quantitative estimate of drug-likeness (QED) is 0.403. The summed E-state index contributed by atoms with van der Waals surface area (Å²) in [4.78, 5) is 18.2. The molecule has 0 amide bonds. The van der Waals surface area contributed by atoms with Gasteiger partial charge in [-0.1, -0.05) is 18.2 Å². The Hall–Kier alpha value is -3.76. The Morgan fingerprint density at radius 1 is 1.08 bits per heavy atom. The van der Waals surface area contributed by atoms with Gasteiger partial charge in [0.2, 0.25) is 6.79 Å². The molecule has 4 aromatic rings. The van der Waals surface area contributed by atoms with Crippen molar-refractivity contribution in [3.63, 3.8) is 0 Å². The number of pyridine rings is 1. The lowest BCUT2D eigenvalue weighted by Gasteiger charge is -2.22. The second-order valence-corrected chi connectivity index (χ2v) is 9.46. The molecule has 2 aliphatic rings. The molecule has 0 bridgehead atoms. The van der Waals surface area contributed by atoms with Gasteiger partial charge in [0.15, 0.2) is 17.3 Å². The lowest BCUT2D eigenvalue weighted by Crippen LogP contribution is -2.29. The van der Waals surface area contributed by atoms with E-state index in [2.05, 4.69) is 25.4 Å². The molecule has 186 valence electrons. The highest BCUT2D eigenvalue weighted by Gasteiger charge is 2.21. The van der Waals surface area contributed by atoms with Crippen molar-refractivity contribution in [3.8, 4) is 11.5 Å². The molecule has 1 fully saturated rings. The number of aromatic amines is 1. The Morgan fingerprint density at radius 2 is 2.00 bits per heavy atom. The highest BCUT2D eigenvalue weighted by Crippen LogP contribution is 2.33. The zero-order chi connectivity index (χ0) is 24.5. The van der Waals surface area contributed by atoms with Gasteiger partial charge in [0, 0.05) is 30.8 Å². The largest absolute Gasteiger partial charge is 0.454 e. The van der Waals surface area contributed by atoms with Crippen molar-refractivity contribution in [2.24, 2.45) is 0 Å². The molecule has 0 radical (unpaired) electrons. The number of hydrogen-bond donors (Lipinski definition) is 1. The van der Waals surface area contributed by atoms with Gasteiger partial charge in [-0.2, -0.15) is 0 Å². The monoisotopic (exact) mass is 488 g/mol. The number of ether oxygens (including phenoxy) is 3. The van der Waals surface area contributed by atoms with Crippen LogP contribution >= 0.6 is 0 Å². The standard InChI is InChI=1S/C26H28N6O4/c1-17-4-6-19-11-20(26(33)27-22(19)9-17)13-31(12-18-5-7-23-24(10-18)36-16-35-23)15-25-28-29-30-32(25)14-21-3-2-8-34-21/h4-7,9-11,21H,2-3,8,12-16H2,1H3,(H,27,33)/t21-/m0/s1. The van der Waals surface area contributed by atoms with E-state index in [1.165, 1.54) is 0 Å². The summed E-state index contributed by atoms with van der Waals surface area (Å²) >= 11 is 0. The third-order valence-electron chi connectivity index (χ3n) is 6.69. The smallest absolute Gasteiger partial charge is 0.252 e. The van der Waals surface area contributed by atoms with Crippen molar-refractivity contribution in [1.82, 2.24) is 30.1 Å². The number of nitrogens with one attached hydrogen (secondary N) is 1. The number of aromatic nitrogens is 5. The molecule has 2 aliphatic heterocycles. The summed E-state index contributed by atoms with van der Waals surface area (Å²) in [7, 11) is 0. The minimum Gasteiger partial charge on any atom is -0.454 e. The summed E-state index contributed by atoms with van der Waals surface area (Å²) in [6.07, 6.45) is 2.19. The summed E-state index contributed by atoms with van der Waals surface area (Å²) in [5.74, 6) is 2.21. The maximum Gasteiger partial charge on any atom is 0.252 e. The average Bonchev–Trinajstić information content (AvgIpc) is 3.63. The number of hydrogen-bond acceptors (Lipinski definition) is 8. The number of benzene rings is 2. The minimum absolute atomic E-state index is 0.0947. The van der Waals surface area contributed by atoms with E-state index >= 15 is 0 Å². The molecule has 1 N–H and O–H groups in total. The Kier molecular flexibility index (Phi) is 6.12. The van der Waals surface area contributed by atoms with Crippen molar-refractivity contribution in [2.75, 3.05) is 13.4 Å². The third-order valence-corrected chi connectivity index (χ3v) is 6.69. The number of rotatable bonds is 8. The number of tetrazole rings is 1. The molecule has 36 heavy (non-hydrogen) atoms. The van der Waals surface area contributed by atoms with Crippen LogP contribution in [0.15, 0.2) is 47.3 Å². The van der Waals surface area contributed by atoms with Gasteiger partial charge in [-0.3, -0.25) is 9.69 Å². The first-order chi connectivity index (χ1) is 17.6. The van der Waals surface area contributed by atoms with Crippen LogP contribution < -0.4 is 15.0 Å². The number of H-pyrrole nitrogens is 1. The van der Waals surface area contributed by atoms with Crippen molar-refractivity contribution >= 4 is 10.9 Å². The first-order valence-corrected chi connectivity index (χ1v) is 12.2. The predicted octanol–water partition coefficient (Wildman–Crippen LogP) is 2.93. The topological polar surface area (TPSA) is 107 Å². The highest BCUT2D eigenvalue weighted by molar-refractivity contribution is 5.79. The highest BCUT2D eigenvalue weighted by atomic mass is 16.7. The molecule has 2 aromatic heterocycles. The maximum absolute atomic E-state index is 13.0. The Labute approximate surface area is 207 Å². The van der Waals surface area contributed by atoms with E-state index in [0.717, 1.165) is 58.8 Å². The maximum atomic E-state index is 13.0. The molecule has 0 unspecified atom stereocenters. The summed E-state index contributed by atoms with van der Waals surface area (Å²) < 4.78 is 18.6. The van der Waals surface area contributed by atoms with Crippen LogP contribution in [0.3, 0.4) is 0 Å². The lowest BCUT2D eigenvalue weighted by atomic mass is 10.1. The normalized spacial score (nSPS) is 16.9. The van der Waals surface area contributed by atoms with Gasteiger partial charge in [0.05, 0.1) is 19.2 Å². The van der Waals surface area contributed by atoms with E-state index in [4.69, 9.17) is 14.2 Å². The Morgan fingerprint density at radius 3 is 2.89 bits per heavy atom. The lowest BCUT2D eigenvalue weighted by molar-refractivity contribution is 0.0914. The van der Waals surface area contributed by atoms with Crippen molar-refractivity contribution in [2.45, 2.75) is 52.0 Å². The second-order valence-electron chi connectivity index (χ2n) is 9.46. The number of fused-ring (bicyclic) bond motifs is 2. The summed E-state index contributed by atoms with van der Waals surface area (Å²) in [6, 6.07) is 14.0. The van der Waals surface area contributed by atoms with E-state index < -0.39 is 0 Å². The van der Waals surface area contributed by atoms with E-state index in [1.807, 2.05) is 54.1 Å². The van der Waals surface area contributed by atoms with E-state index in [1.54, 1.807) is 0 Å². The molecule has 6 rings (SSSR count). The first kappa shape index (κ1) is 22.7. The van der Waals surface area contributed by atoms with Crippen LogP contribution in [0.2, 0.25) is 0 Å². The second kappa shape index (κ2) is 9.71. The van der Waals surface area contributed by atoms with Crippen LogP contribution in [0.4, 0.5) is 0 Å². The fraction of sp³-hybridized carbons (Fsp3) is 0.385. The van der Waals surface area contributed by atoms with Gasteiger partial charge in [-0.25, -0.2) is 4.68 Å². The molecular weight excluding hydrogens is 460 g/mol. The van der Waals surface area contributed by atoms with Crippen LogP contribution in [-0.4, -0.2) is 49.6 Å². The molecule has 1 atom stereocenters. The van der Waals surface area contributed by atoms with Gasteiger partial charge in [0.25, 0.3) is 5.56 Å². The molecule has 1 saturated heterocycles. The van der Waals surface area contributed by atoms with Crippen LogP contribution in [0, 0.1) is 6.92 Å². The summed E-state index contributed by atoms with van der Waals surface area (Å²) in [6.45, 7) is 5.12. The average molecular weight is 489 g/mol. The van der Waals surface area contributed by atoms with Crippen molar-refractivity contribution < 1.29 is 14.2 Å². The number of aryl methyl sites for hydroxylation is 1. The third kappa shape index (κ3) is 4.82. The molecule has 10 heteroatoms. The summed E-state index contributed by atoms with van der Waals surface area (Å²) in [5, 5.41) is 13.4.